The molecule has 1 atom stereocenters. The summed E-state index contributed by atoms with van der Waals surface area (Å²) >= 11 is 9.25. The molecule has 0 bridgehead atoms. The van der Waals surface area contributed by atoms with E-state index in [9.17, 15) is 13.2 Å². The van der Waals surface area contributed by atoms with Gasteiger partial charge in [0.1, 0.15) is 0 Å². The Kier molecular flexibility index (Phi) is 8.49. The van der Waals surface area contributed by atoms with Gasteiger partial charge in [-0.2, -0.15) is 4.31 Å². The highest BCUT2D eigenvalue weighted by Gasteiger charge is 2.27. The minimum atomic E-state index is -3.87. The average Bonchev–Trinajstić information content (AvgIpc) is 2.63. The zero-order chi connectivity index (χ0) is 20.7. The third-order valence-corrected chi connectivity index (χ3v) is 6.76. The van der Waals surface area contributed by atoms with E-state index in [0.29, 0.717) is 5.02 Å². The van der Waals surface area contributed by atoms with Gasteiger partial charge >= 0.3 is 0 Å². The number of nitrogens with one attached hydrogen (secondary N) is 1. The van der Waals surface area contributed by atoms with Gasteiger partial charge in [0.15, 0.2) is 0 Å². The van der Waals surface area contributed by atoms with Gasteiger partial charge in [-0.1, -0.05) is 53.0 Å². The number of halogens is 2. The third kappa shape index (κ3) is 6.58. The predicted molar refractivity (Wildman–Crippen MR) is 116 cm³/mol. The Balaban J connectivity index is 2.27. The molecule has 0 fully saturated rings. The number of carbonyl (C=O) groups excluding carboxylic acids is 1. The fourth-order valence-electron chi connectivity index (χ4n) is 2.76. The van der Waals surface area contributed by atoms with Crippen LogP contribution >= 0.6 is 27.5 Å². The SMILES string of the molecule is CCC[C@H](C)NC(=O)CN(Cc1ccc(Br)cc1)S(=O)(=O)c1ccc(Cl)cc1. The molecule has 2 rings (SSSR count). The van der Waals surface area contributed by atoms with E-state index in [1.54, 1.807) is 0 Å². The molecule has 2 aromatic carbocycles. The van der Waals surface area contributed by atoms with Crippen molar-refractivity contribution >= 4 is 43.5 Å². The molecule has 1 N–H and O–H groups in total. The maximum atomic E-state index is 13.2. The van der Waals surface area contributed by atoms with E-state index in [-0.39, 0.29) is 29.9 Å². The summed E-state index contributed by atoms with van der Waals surface area (Å²) in [5.41, 5.74) is 0.787. The fourth-order valence-corrected chi connectivity index (χ4v) is 4.54. The van der Waals surface area contributed by atoms with E-state index in [1.807, 2.05) is 38.1 Å². The molecule has 0 aliphatic rings. The number of hydrogen-bond donors (Lipinski definition) is 1. The molecule has 5 nitrogen and oxygen atoms in total. The van der Waals surface area contributed by atoms with E-state index in [2.05, 4.69) is 21.2 Å². The quantitative estimate of drug-likeness (QED) is 0.562. The first-order chi connectivity index (χ1) is 13.2. The van der Waals surface area contributed by atoms with Gasteiger partial charge in [0, 0.05) is 22.1 Å². The lowest BCUT2D eigenvalue weighted by atomic mass is 10.2. The molecule has 0 spiro atoms. The van der Waals surface area contributed by atoms with Gasteiger partial charge in [-0.15, -0.1) is 0 Å². The van der Waals surface area contributed by atoms with Crippen molar-refractivity contribution < 1.29 is 13.2 Å². The van der Waals surface area contributed by atoms with Crippen molar-refractivity contribution in [3.8, 4) is 0 Å². The monoisotopic (exact) mass is 486 g/mol. The van der Waals surface area contributed by atoms with Crippen molar-refractivity contribution in [3.63, 3.8) is 0 Å². The van der Waals surface area contributed by atoms with Crippen molar-refractivity contribution in [1.29, 1.82) is 0 Å². The van der Waals surface area contributed by atoms with Crippen molar-refractivity contribution in [1.82, 2.24) is 9.62 Å². The number of benzene rings is 2. The van der Waals surface area contributed by atoms with Crippen LogP contribution < -0.4 is 5.32 Å². The first kappa shape index (κ1) is 22.9. The second kappa shape index (κ2) is 10.4. The highest BCUT2D eigenvalue weighted by atomic mass is 79.9. The van der Waals surface area contributed by atoms with Gasteiger partial charge in [-0.05, 0) is 55.3 Å². The summed E-state index contributed by atoms with van der Waals surface area (Å²) in [6.45, 7) is 3.78. The third-order valence-electron chi connectivity index (χ3n) is 4.17. The molecule has 2 aromatic rings. The van der Waals surface area contributed by atoms with Crippen LogP contribution in [0.15, 0.2) is 57.9 Å². The molecular weight excluding hydrogens is 464 g/mol. The van der Waals surface area contributed by atoms with Crippen molar-refractivity contribution in [3.05, 3.63) is 63.6 Å². The minimum absolute atomic E-state index is 0.00901. The first-order valence-corrected chi connectivity index (χ1v) is 11.6. The van der Waals surface area contributed by atoms with Gasteiger partial charge in [0.2, 0.25) is 15.9 Å². The maximum absolute atomic E-state index is 13.2. The maximum Gasteiger partial charge on any atom is 0.243 e. The van der Waals surface area contributed by atoms with Crippen LogP contribution in [0.25, 0.3) is 0 Å². The normalized spacial score (nSPS) is 12.8. The summed E-state index contributed by atoms with van der Waals surface area (Å²) < 4.78 is 28.4. The van der Waals surface area contributed by atoms with Gasteiger partial charge < -0.3 is 5.32 Å². The Morgan fingerprint density at radius 3 is 2.32 bits per heavy atom. The van der Waals surface area contributed by atoms with E-state index < -0.39 is 10.0 Å². The standard InChI is InChI=1S/C20H24BrClN2O3S/c1-3-4-15(2)23-20(25)14-24(13-16-5-7-17(21)8-6-16)28(26,27)19-11-9-18(22)10-12-19/h5-12,15H,3-4,13-14H2,1-2H3,(H,23,25)/t15-/m0/s1. The largest absolute Gasteiger partial charge is 0.353 e. The number of nitrogens with zero attached hydrogens (tertiary/aromatic N) is 1. The molecule has 28 heavy (non-hydrogen) atoms. The summed E-state index contributed by atoms with van der Waals surface area (Å²) in [4.78, 5) is 12.6. The van der Waals surface area contributed by atoms with Crippen molar-refractivity contribution in [2.24, 2.45) is 0 Å². The minimum Gasteiger partial charge on any atom is -0.353 e. The van der Waals surface area contributed by atoms with Crippen LogP contribution in [0.4, 0.5) is 0 Å². The lowest BCUT2D eigenvalue weighted by molar-refractivity contribution is -0.122. The highest BCUT2D eigenvalue weighted by molar-refractivity contribution is 9.10. The van der Waals surface area contributed by atoms with Gasteiger partial charge in [0.25, 0.3) is 0 Å². The van der Waals surface area contributed by atoms with E-state index >= 15 is 0 Å². The van der Waals surface area contributed by atoms with E-state index in [0.717, 1.165) is 22.9 Å². The van der Waals surface area contributed by atoms with Gasteiger partial charge in [0.05, 0.1) is 11.4 Å². The zero-order valence-electron chi connectivity index (χ0n) is 15.9. The van der Waals surface area contributed by atoms with Crippen LogP contribution in [0.3, 0.4) is 0 Å². The van der Waals surface area contributed by atoms with Gasteiger partial charge in [-0.25, -0.2) is 8.42 Å². The van der Waals surface area contributed by atoms with Crippen LogP contribution in [-0.2, 0) is 21.4 Å². The Morgan fingerprint density at radius 2 is 1.75 bits per heavy atom. The Labute approximate surface area is 180 Å². The zero-order valence-corrected chi connectivity index (χ0v) is 19.0. The number of amides is 1. The van der Waals surface area contributed by atoms with Crippen LogP contribution in [0, 0.1) is 0 Å². The molecule has 8 heteroatoms. The van der Waals surface area contributed by atoms with Crippen LogP contribution in [0.1, 0.15) is 32.3 Å². The van der Waals surface area contributed by atoms with Crippen molar-refractivity contribution in [2.75, 3.05) is 6.54 Å². The highest BCUT2D eigenvalue weighted by Crippen LogP contribution is 2.21. The Morgan fingerprint density at radius 1 is 1.14 bits per heavy atom. The van der Waals surface area contributed by atoms with Crippen molar-refractivity contribution in [2.45, 2.75) is 44.2 Å². The van der Waals surface area contributed by atoms with Crippen LogP contribution in [-0.4, -0.2) is 31.2 Å². The summed E-state index contributed by atoms with van der Waals surface area (Å²) in [6.07, 6.45) is 1.77. The number of carbonyl (C=O) groups is 1. The average molecular weight is 488 g/mol. The molecular formula is C20H24BrClN2O3S. The molecule has 0 heterocycles. The Hall–Kier alpha value is -1.41. The summed E-state index contributed by atoms with van der Waals surface area (Å²) in [5, 5.41) is 3.31. The molecule has 0 aliphatic carbocycles. The molecule has 1 amide bonds. The smallest absolute Gasteiger partial charge is 0.243 e. The second-order valence-corrected chi connectivity index (χ2v) is 9.90. The first-order valence-electron chi connectivity index (χ1n) is 9.02. The number of rotatable bonds is 9. The molecule has 0 saturated heterocycles. The molecule has 0 aromatic heterocycles. The molecule has 0 aliphatic heterocycles. The molecule has 0 unspecified atom stereocenters. The lowest BCUT2D eigenvalue weighted by Crippen LogP contribution is -2.43. The van der Waals surface area contributed by atoms with E-state index in [4.69, 9.17) is 11.6 Å². The summed E-state index contributed by atoms with van der Waals surface area (Å²) in [7, 11) is -3.87. The lowest BCUT2D eigenvalue weighted by Gasteiger charge is -2.23. The molecule has 0 saturated carbocycles. The number of sulfonamides is 1. The van der Waals surface area contributed by atoms with Crippen LogP contribution in [0.5, 0.6) is 0 Å². The predicted octanol–water partition coefficient (Wildman–Crippen LogP) is 4.60. The van der Waals surface area contributed by atoms with Crippen LogP contribution in [0.2, 0.25) is 5.02 Å². The molecule has 152 valence electrons. The summed E-state index contributed by atoms with van der Waals surface area (Å²) in [5.74, 6) is -0.324. The summed E-state index contributed by atoms with van der Waals surface area (Å²) in [6, 6.07) is 13.3. The Bertz CT molecular complexity index is 887. The second-order valence-electron chi connectivity index (χ2n) is 6.61. The molecule has 0 radical (unpaired) electrons. The fraction of sp³-hybridized carbons (Fsp3) is 0.350. The van der Waals surface area contributed by atoms with E-state index in [1.165, 1.54) is 28.6 Å². The number of hydrogen-bond acceptors (Lipinski definition) is 3. The van der Waals surface area contributed by atoms with Gasteiger partial charge in [-0.3, -0.25) is 4.79 Å². The topological polar surface area (TPSA) is 66.5 Å².